The van der Waals surface area contributed by atoms with Gasteiger partial charge in [-0.3, -0.25) is 4.79 Å². The van der Waals surface area contributed by atoms with Crippen molar-refractivity contribution in [2.75, 3.05) is 13.7 Å². The Hall–Kier alpha value is -1.39. The Bertz CT molecular complexity index is 483. The molecule has 1 heterocycles. The number of benzene rings is 1. The molecule has 2 atom stereocenters. The summed E-state index contributed by atoms with van der Waals surface area (Å²) in [5.41, 5.74) is 1.92. The summed E-state index contributed by atoms with van der Waals surface area (Å²) in [5, 5.41) is 6.30. The molecule has 23 heavy (non-hydrogen) atoms. The Labute approximate surface area is 140 Å². The number of nitrogens with one attached hydrogen (secondary N) is 2. The molecule has 1 amide bonds. The van der Waals surface area contributed by atoms with Crippen LogP contribution in [0.4, 0.5) is 0 Å². The molecule has 128 valence electrons. The van der Waals surface area contributed by atoms with E-state index in [1.807, 2.05) is 24.3 Å². The normalized spacial score (nSPS) is 21.4. The van der Waals surface area contributed by atoms with Crippen LogP contribution in [0, 0.1) is 5.92 Å². The minimum Gasteiger partial charge on any atom is -0.378 e. The first-order valence-electron chi connectivity index (χ1n) is 8.83. The average Bonchev–Trinajstić information content (AvgIpc) is 2.61. The molecular formula is C19H30N2O2. The van der Waals surface area contributed by atoms with Crippen LogP contribution >= 0.6 is 0 Å². The quantitative estimate of drug-likeness (QED) is 0.812. The molecule has 1 fully saturated rings. The zero-order chi connectivity index (χ0) is 16.7. The van der Waals surface area contributed by atoms with E-state index in [2.05, 4.69) is 24.5 Å². The van der Waals surface area contributed by atoms with Crippen molar-refractivity contribution in [1.29, 1.82) is 0 Å². The van der Waals surface area contributed by atoms with Crippen LogP contribution in [0.1, 0.15) is 55.5 Å². The maximum atomic E-state index is 11.5. The summed E-state index contributed by atoms with van der Waals surface area (Å²) in [4.78, 5) is 11.5. The lowest BCUT2D eigenvalue weighted by molar-refractivity contribution is -0.0350. The van der Waals surface area contributed by atoms with Crippen LogP contribution in [-0.2, 0) is 11.3 Å². The van der Waals surface area contributed by atoms with Gasteiger partial charge in [0.15, 0.2) is 0 Å². The van der Waals surface area contributed by atoms with Gasteiger partial charge < -0.3 is 15.4 Å². The van der Waals surface area contributed by atoms with Crippen molar-refractivity contribution in [2.24, 2.45) is 5.92 Å². The van der Waals surface area contributed by atoms with Crippen molar-refractivity contribution in [1.82, 2.24) is 10.6 Å². The predicted molar refractivity (Wildman–Crippen MR) is 93.5 cm³/mol. The third-order valence-corrected chi connectivity index (χ3v) is 4.93. The van der Waals surface area contributed by atoms with Crippen molar-refractivity contribution in [2.45, 2.75) is 58.2 Å². The van der Waals surface area contributed by atoms with Crippen molar-refractivity contribution in [3.63, 3.8) is 0 Å². The van der Waals surface area contributed by atoms with Gasteiger partial charge in [-0.2, -0.15) is 0 Å². The standard InChI is InChI=1S/C19H30N2O2/c1-4-15(5-2)18-12-17(10-11-23-18)21-13-14-6-8-16(9-7-14)19(22)20-3/h6-9,15,17-18,21H,4-5,10-13H2,1-3H3,(H,20,22)/t17-,18+/m0/s1. The van der Waals surface area contributed by atoms with Gasteiger partial charge in [0, 0.05) is 31.8 Å². The number of rotatable bonds is 7. The highest BCUT2D eigenvalue weighted by Crippen LogP contribution is 2.25. The molecule has 0 saturated carbocycles. The lowest BCUT2D eigenvalue weighted by Crippen LogP contribution is -2.41. The number of hydrogen-bond donors (Lipinski definition) is 2. The molecule has 0 aliphatic carbocycles. The second-order valence-electron chi connectivity index (χ2n) is 6.36. The van der Waals surface area contributed by atoms with E-state index in [0.717, 1.165) is 26.0 Å². The topological polar surface area (TPSA) is 50.4 Å². The molecule has 1 aromatic rings. The fourth-order valence-corrected chi connectivity index (χ4v) is 3.34. The highest BCUT2D eigenvalue weighted by molar-refractivity contribution is 5.93. The van der Waals surface area contributed by atoms with Crippen LogP contribution in [-0.4, -0.2) is 31.7 Å². The molecular weight excluding hydrogens is 288 g/mol. The molecule has 2 N–H and O–H groups in total. The van der Waals surface area contributed by atoms with Crippen LogP contribution in [0.25, 0.3) is 0 Å². The summed E-state index contributed by atoms with van der Waals surface area (Å²) in [6.07, 6.45) is 4.95. The van der Waals surface area contributed by atoms with E-state index in [-0.39, 0.29) is 5.91 Å². The number of carbonyl (C=O) groups excluding carboxylic acids is 1. The van der Waals surface area contributed by atoms with Gasteiger partial charge in [-0.05, 0) is 36.5 Å². The minimum absolute atomic E-state index is 0.0399. The van der Waals surface area contributed by atoms with Gasteiger partial charge in [-0.25, -0.2) is 0 Å². The monoisotopic (exact) mass is 318 g/mol. The zero-order valence-corrected chi connectivity index (χ0v) is 14.6. The molecule has 1 saturated heterocycles. The van der Waals surface area contributed by atoms with Gasteiger partial charge >= 0.3 is 0 Å². The average molecular weight is 318 g/mol. The van der Waals surface area contributed by atoms with E-state index in [4.69, 9.17) is 4.74 Å². The number of amides is 1. The van der Waals surface area contributed by atoms with E-state index in [1.54, 1.807) is 7.05 Å². The van der Waals surface area contributed by atoms with Gasteiger partial charge in [0.05, 0.1) is 6.10 Å². The maximum absolute atomic E-state index is 11.5. The molecule has 1 aliphatic heterocycles. The Morgan fingerprint density at radius 3 is 2.57 bits per heavy atom. The summed E-state index contributed by atoms with van der Waals surface area (Å²) >= 11 is 0. The molecule has 0 bridgehead atoms. The second kappa shape index (κ2) is 9.04. The number of carbonyl (C=O) groups is 1. The predicted octanol–water partition coefficient (Wildman–Crippen LogP) is 3.12. The summed E-state index contributed by atoms with van der Waals surface area (Å²) < 4.78 is 5.97. The Balaban J connectivity index is 1.84. The summed E-state index contributed by atoms with van der Waals surface area (Å²) in [5.74, 6) is 0.633. The van der Waals surface area contributed by atoms with Crippen molar-refractivity contribution >= 4 is 5.91 Å². The minimum atomic E-state index is -0.0399. The van der Waals surface area contributed by atoms with Crippen LogP contribution in [0.3, 0.4) is 0 Å². The highest BCUT2D eigenvalue weighted by Gasteiger charge is 2.27. The molecule has 4 heteroatoms. The van der Waals surface area contributed by atoms with Gasteiger partial charge in [-0.15, -0.1) is 0 Å². The van der Waals surface area contributed by atoms with E-state index in [0.29, 0.717) is 23.6 Å². The molecule has 0 unspecified atom stereocenters. The van der Waals surface area contributed by atoms with Crippen molar-refractivity contribution in [3.05, 3.63) is 35.4 Å². The van der Waals surface area contributed by atoms with Gasteiger partial charge in [0.2, 0.25) is 0 Å². The first kappa shape index (κ1) is 18.0. The summed E-state index contributed by atoms with van der Waals surface area (Å²) in [6, 6.07) is 8.33. The zero-order valence-electron chi connectivity index (χ0n) is 14.6. The van der Waals surface area contributed by atoms with E-state index < -0.39 is 0 Å². The molecule has 0 radical (unpaired) electrons. The largest absolute Gasteiger partial charge is 0.378 e. The maximum Gasteiger partial charge on any atom is 0.251 e. The van der Waals surface area contributed by atoms with Gasteiger partial charge in [0.25, 0.3) is 5.91 Å². The molecule has 1 aromatic carbocycles. The first-order chi connectivity index (χ1) is 11.2. The summed E-state index contributed by atoms with van der Waals surface area (Å²) in [7, 11) is 1.65. The SMILES string of the molecule is CCC(CC)[C@H]1C[C@@H](NCc2ccc(C(=O)NC)cc2)CCO1. The number of hydrogen-bond acceptors (Lipinski definition) is 3. The summed E-state index contributed by atoms with van der Waals surface area (Å²) in [6.45, 7) is 6.20. The lowest BCUT2D eigenvalue weighted by atomic mass is 9.89. The van der Waals surface area contributed by atoms with E-state index in [1.165, 1.54) is 18.4 Å². The molecule has 2 rings (SSSR count). The van der Waals surface area contributed by atoms with Crippen LogP contribution in [0.15, 0.2) is 24.3 Å². The van der Waals surface area contributed by atoms with Crippen molar-refractivity contribution in [3.8, 4) is 0 Å². The second-order valence-corrected chi connectivity index (χ2v) is 6.36. The number of ether oxygens (including phenoxy) is 1. The molecule has 0 spiro atoms. The van der Waals surface area contributed by atoms with Crippen LogP contribution in [0.2, 0.25) is 0 Å². The van der Waals surface area contributed by atoms with Crippen LogP contribution in [0.5, 0.6) is 0 Å². The molecule has 4 nitrogen and oxygen atoms in total. The van der Waals surface area contributed by atoms with Gasteiger partial charge in [0.1, 0.15) is 0 Å². The van der Waals surface area contributed by atoms with E-state index >= 15 is 0 Å². The fraction of sp³-hybridized carbons (Fsp3) is 0.632. The van der Waals surface area contributed by atoms with Gasteiger partial charge in [-0.1, -0.05) is 38.8 Å². The third-order valence-electron chi connectivity index (χ3n) is 4.93. The Morgan fingerprint density at radius 1 is 1.26 bits per heavy atom. The fourth-order valence-electron chi connectivity index (χ4n) is 3.34. The van der Waals surface area contributed by atoms with Crippen LogP contribution < -0.4 is 10.6 Å². The Kier molecular flexibility index (Phi) is 7.06. The smallest absolute Gasteiger partial charge is 0.251 e. The Morgan fingerprint density at radius 2 is 1.96 bits per heavy atom. The molecule has 0 aromatic heterocycles. The molecule has 1 aliphatic rings. The van der Waals surface area contributed by atoms with E-state index in [9.17, 15) is 4.79 Å². The third kappa shape index (κ3) is 5.05. The first-order valence-corrected chi connectivity index (χ1v) is 8.83. The van der Waals surface area contributed by atoms with Crippen molar-refractivity contribution < 1.29 is 9.53 Å². The lowest BCUT2D eigenvalue weighted by Gasteiger charge is -2.34. The highest BCUT2D eigenvalue weighted by atomic mass is 16.5.